The minimum Gasteiger partial charge on any atom is -0.308 e. The van der Waals surface area contributed by atoms with Gasteiger partial charge in [-0.25, -0.2) is 0 Å². The van der Waals surface area contributed by atoms with E-state index in [9.17, 15) is 0 Å². The average molecular weight is 288 g/mol. The molecule has 21 heavy (non-hydrogen) atoms. The third kappa shape index (κ3) is 4.25. The van der Waals surface area contributed by atoms with Gasteiger partial charge in [-0.2, -0.15) is 0 Å². The van der Waals surface area contributed by atoms with Crippen LogP contribution >= 0.6 is 0 Å². The highest BCUT2D eigenvalue weighted by atomic mass is 15.3. The van der Waals surface area contributed by atoms with Gasteiger partial charge in [-0.3, -0.25) is 9.88 Å². The number of nitrogens with zero attached hydrogens (tertiary/aromatic N) is 3. The first-order chi connectivity index (χ1) is 10.2. The van der Waals surface area contributed by atoms with E-state index < -0.39 is 0 Å². The average Bonchev–Trinajstić information content (AvgIpc) is 3.32. The molecule has 1 saturated carbocycles. The van der Waals surface area contributed by atoms with E-state index in [-0.39, 0.29) is 0 Å². The molecule has 3 rings (SSSR count). The molecule has 1 unspecified atom stereocenters. The van der Waals surface area contributed by atoms with Crippen molar-refractivity contribution in [3.8, 4) is 0 Å². The second-order valence-electron chi connectivity index (χ2n) is 6.55. The van der Waals surface area contributed by atoms with Crippen LogP contribution in [-0.4, -0.2) is 53.5 Å². The molecule has 0 aromatic carbocycles. The predicted molar refractivity (Wildman–Crippen MR) is 86.1 cm³/mol. The topological polar surface area (TPSA) is 31.4 Å². The van der Waals surface area contributed by atoms with Crippen molar-refractivity contribution in [2.24, 2.45) is 0 Å². The van der Waals surface area contributed by atoms with Crippen molar-refractivity contribution in [2.45, 2.75) is 51.4 Å². The van der Waals surface area contributed by atoms with Gasteiger partial charge in [0.1, 0.15) is 0 Å². The van der Waals surface area contributed by atoms with E-state index in [1.807, 2.05) is 0 Å². The van der Waals surface area contributed by atoms with E-state index >= 15 is 0 Å². The van der Waals surface area contributed by atoms with Gasteiger partial charge >= 0.3 is 0 Å². The van der Waals surface area contributed by atoms with Crippen LogP contribution in [0.15, 0.2) is 18.2 Å². The van der Waals surface area contributed by atoms with E-state index in [2.05, 4.69) is 47.3 Å². The fourth-order valence-electron chi connectivity index (χ4n) is 3.08. The van der Waals surface area contributed by atoms with Crippen molar-refractivity contribution in [3.05, 3.63) is 29.6 Å². The lowest BCUT2D eigenvalue weighted by Crippen LogP contribution is -2.50. The summed E-state index contributed by atoms with van der Waals surface area (Å²) < 4.78 is 0. The Labute approximate surface area is 128 Å². The molecule has 2 fully saturated rings. The highest BCUT2D eigenvalue weighted by Gasteiger charge is 2.23. The standard InChI is InChI=1S/C17H28N4/c1-3-17-13-21(10-9-20(17)2)12-16-6-4-5-15(19-16)11-18-14-7-8-14/h4-6,14,17-18H,3,7-13H2,1-2H3. The van der Waals surface area contributed by atoms with Crippen LogP contribution in [0.4, 0.5) is 0 Å². The SMILES string of the molecule is CCC1CN(Cc2cccc(CNC3CC3)n2)CCN1C. The fourth-order valence-corrected chi connectivity index (χ4v) is 3.08. The number of hydrogen-bond acceptors (Lipinski definition) is 4. The van der Waals surface area contributed by atoms with Crippen LogP contribution < -0.4 is 5.32 Å². The van der Waals surface area contributed by atoms with E-state index in [0.29, 0.717) is 6.04 Å². The summed E-state index contributed by atoms with van der Waals surface area (Å²) >= 11 is 0. The molecule has 1 aliphatic carbocycles. The number of nitrogens with one attached hydrogen (secondary N) is 1. The molecule has 0 amide bonds. The van der Waals surface area contributed by atoms with E-state index in [1.165, 1.54) is 43.7 Å². The van der Waals surface area contributed by atoms with Crippen molar-refractivity contribution in [1.82, 2.24) is 20.1 Å². The van der Waals surface area contributed by atoms with Gasteiger partial charge in [0.2, 0.25) is 0 Å². The zero-order valence-corrected chi connectivity index (χ0v) is 13.4. The molecule has 2 aliphatic rings. The zero-order chi connectivity index (χ0) is 14.7. The molecular weight excluding hydrogens is 260 g/mol. The Morgan fingerprint density at radius 2 is 2.05 bits per heavy atom. The lowest BCUT2D eigenvalue weighted by Gasteiger charge is -2.39. The first-order valence-electron chi connectivity index (χ1n) is 8.35. The number of pyridine rings is 1. The molecule has 1 N–H and O–H groups in total. The molecule has 0 radical (unpaired) electrons. The van der Waals surface area contributed by atoms with Crippen molar-refractivity contribution in [1.29, 1.82) is 0 Å². The molecule has 116 valence electrons. The molecule has 1 saturated heterocycles. The summed E-state index contributed by atoms with van der Waals surface area (Å²) in [5.74, 6) is 0. The highest BCUT2D eigenvalue weighted by Crippen LogP contribution is 2.19. The number of aromatic nitrogens is 1. The molecule has 1 aromatic rings. The van der Waals surface area contributed by atoms with Crippen molar-refractivity contribution >= 4 is 0 Å². The van der Waals surface area contributed by atoms with Crippen LogP contribution in [0.1, 0.15) is 37.6 Å². The summed E-state index contributed by atoms with van der Waals surface area (Å²) in [6, 6.07) is 7.90. The third-order valence-corrected chi connectivity index (χ3v) is 4.73. The molecule has 2 heterocycles. The molecule has 0 bridgehead atoms. The van der Waals surface area contributed by atoms with Gasteiger partial charge in [0, 0.05) is 44.8 Å². The number of piperazine rings is 1. The van der Waals surface area contributed by atoms with Gasteiger partial charge in [-0.15, -0.1) is 0 Å². The van der Waals surface area contributed by atoms with Gasteiger partial charge in [-0.05, 0) is 38.4 Å². The molecular formula is C17H28N4. The van der Waals surface area contributed by atoms with Crippen LogP contribution in [-0.2, 0) is 13.1 Å². The second kappa shape index (κ2) is 6.86. The maximum atomic E-state index is 4.82. The maximum absolute atomic E-state index is 4.82. The first-order valence-corrected chi connectivity index (χ1v) is 8.35. The van der Waals surface area contributed by atoms with Gasteiger partial charge in [0.15, 0.2) is 0 Å². The Morgan fingerprint density at radius 1 is 1.24 bits per heavy atom. The number of rotatable bonds is 6. The van der Waals surface area contributed by atoms with Crippen molar-refractivity contribution < 1.29 is 0 Å². The lowest BCUT2D eigenvalue weighted by atomic mass is 10.1. The van der Waals surface area contributed by atoms with Crippen molar-refractivity contribution in [3.63, 3.8) is 0 Å². The predicted octanol–water partition coefficient (Wildman–Crippen LogP) is 1.86. The van der Waals surface area contributed by atoms with E-state index in [0.717, 1.165) is 25.7 Å². The Kier molecular flexibility index (Phi) is 4.88. The summed E-state index contributed by atoms with van der Waals surface area (Å²) in [7, 11) is 2.24. The summed E-state index contributed by atoms with van der Waals surface area (Å²) in [4.78, 5) is 9.85. The minimum atomic E-state index is 0.693. The van der Waals surface area contributed by atoms with Gasteiger partial charge in [0.25, 0.3) is 0 Å². The van der Waals surface area contributed by atoms with Crippen LogP contribution in [0.3, 0.4) is 0 Å². The molecule has 1 atom stereocenters. The summed E-state index contributed by atoms with van der Waals surface area (Å²) in [5, 5.41) is 3.54. The smallest absolute Gasteiger partial charge is 0.0547 e. The molecule has 4 nitrogen and oxygen atoms in total. The highest BCUT2D eigenvalue weighted by molar-refractivity contribution is 5.11. The third-order valence-electron chi connectivity index (χ3n) is 4.73. The molecule has 0 spiro atoms. The monoisotopic (exact) mass is 288 g/mol. The molecule has 1 aromatic heterocycles. The summed E-state index contributed by atoms with van der Waals surface area (Å²) in [5.41, 5.74) is 2.39. The van der Waals surface area contributed by atoms with Gasteiger partial charge in [0.05, 0.1) is 11.4 Å². The van der Waals surface area contributed by atoms with Crippen LogP contribution in [0.25, 0.3) is 0 Å². The fraction of sp³-hybridized carbons (Fsp3) is 0.706. The lowest BCUT2D eigenvalue weighted by molar-refractivity contribution is 0.0875. The zero-order valence-electron chi connectivity index (χ0n) is 13.4. The van der Waals surface area contributed by atoms with Crippen LogP contribution in [0.5, 0.6) is 0 Å². The largest absolute Gasteiger partial charge is 0.308 e. The van der Waals surface area contributed by atoms with Gasteiger partial charge in [-0.1, -0.05) is 13.0 Å². The van der Waals surface area contributed by atoms with E-state index in [1.54, 1.807) is 0 Å². The van der Waals surface area contributed by atoms with Crippen LogP contribution in [0.2, 0.25) is 0 Å². The maximum Gasteiger partial charge on any atom is 0.0547 e. The number of hydrogen-bond donors (Lipinski definition) is 1. The normalized spacial score (nSPS) is 24.4. The Hall–Kier alpha value is -0.970. The van der Waals surface area contributed by atoms with Crippen molar-refractivity contribution in [2.75, 3.05) is 26.7 Å². The van der Waals surface area contributed by atoms with E-state index in [4.69, 9.17) is 4.98 Å². The Bertz CT molecular complexity index is 458. The van der Waals surface area contributed by atoms with Crippen LogP contribution in [0, 0.1) is 0 Å². The second-order valence-corrected chi connectivity index (χ2v) is 6.55. The number of likely N-dealkylation sites (N-methyl/N-ethyl adjacent to an activating group) is 1. The first kappa shape index (κ1) is 14.9. The Balaban J connectivity index is 1.55. The Morgan fingerprint density at radius 3 is 2.81 bits per heavy atom. The summed E-state index contributed by atoms with van der Waals surface area (Å²) in [6.07, 6.45) is 3.89. The molecule has 1 aliphatic heterocycles. The van der Waals surface area contributed by atoms with Gasteiger partial charge < -0.3 is 10.2 Å². The minimum absolute atomic E-state index is 0.693. The summed E-state index contributed by atoms with van der Waals surface area (Å²) in [6.45, 7) is 7.67. The quantitative estimate of drug-likeness (QED) is 0.866. The molecule has 4 heteroatoms.